The fourth-order valence-electron chi connectivity index (χ4n) is 4.23. The van der Waals surface area contributed by atoms with Crippen LogP contribution in [0.5, 0.6) is 0 Å². The third-order valence-corrected chi connectivity index (χ3v) is 7.26. The largest absolute Gasteiger partial charge is 0.361 e. The first-order valence-corrected chi connectivity index (χ1v) is 12.0. The molecule has 3 aromatic heterocycles. The Labute approximate surface area is 195 Å². The maximum atomic E-state index is 12.7. The van der Waals surface area contributed by atoms with Gasteiger partial charge in [0.15, 0.2) is 5.82 Å². The number of hydrogen-bond donors (Lipinski definition) is 2. The average molecular weight is 462 g/mol. The second-order valence-electron chi connectivity index (χ2n) is 8.65. The van der Waals surface area contributed by atoms with Crippen molar-refractivity contribution in [1.29, 1.82) is 0 Å². The second-order valence-corrected chi connectivity index (χ2v) is 9.59. The first-order chi connectivity index (χ1) is 16.0. The molecule has 0 aliphatic heterocycles. The lowest BCUT2D eigenvalue weighted by Gasteiger charge is -2.16. The molecule has 33 heavy (non-hydrogen) atoms. The summed E-state index contributed by atoms with van der Waals surface area (Å²) < 4.78 is 3.04. The highest BCUT2D eigenvalue weighted by Gasteiger charge is 2.25. The summed E-state index contributed by atoms with van der Waals surface area (Å²) in [6.07, 6.45) is 3.79. The van der Waals surface area contributed by atoms with Crippen LogP contribution in [-0.2, 0) is 13.6 Å². The molecule has 7 nitrogen and oxygen atoms in total. The van der Waals surface area contributed by atoms with Crippen molar-refractivity contribution in [1.82, 2.24) is 19.7 Å². The lowest BCUT2D eigenvalue weighted by atomic mass is 10.0. The third-order valence-electron chi connectivity index (χ3n) is 6.15. The van der Waals surface area contributed by atoms with Crippen molar-refractivity contribution in [3.05, 3.63) is 79.1 Å². The summed E-state index contributed by atoms with van der Waals surface area (Å²) in [4.78, 5) is 26.3. The van der Waals surface area contributed by atoms with E-state index in [-0.39, 0.29) is 23.2 Å². The zero-order valence-corrected chi connectivity index (χ0v) is 19.8. The van der Waals surface area contributed by atoms with Crippen molar-refractivity contribution in [3.63, 3.8) is 0 Å². The standard InChI is InChI=1S/C25H27N5O2S/c1-15(22-10-17(14-33-22)19-7-5-4-6-16(19)12-26-2)27-24-21-13-30(18-8-9-18)23(31)11-20(21)25(32)29(3)28-24/h4-7,10-11,13-15,18,26H,8-9,12H2,1-3H3,(H,27,28)/t15-/m1/s1. The summed E-state index contributed by atoms with van der Waals surface area (Å²) in [6.45, 7) is 2.90. The number of aryl methyl sites for hydroxylation is 1. The fourth-order valence-corrected chi connectivity index (χ4v) is 5.14. The number of nitrogens with one attached hydrogen (secondary N) is 2. The normalized spacial score (nSPS) is 14.5. The van der Waals surface area contributed by atoms with Crippen molar-refractivity contribution in [2.24, 2.45) is 7.05 Å². The molecule has 0 unspecified atom stereocenters. The van der Waals surface area contributed by atoms with Gasteiger partial charge in [0.25, 0.3) is 11.1 Å². The van der Waals surface area contributed by atoms with Gasteiger partial charge < -0.3 is 15.2 Å². The van der Waals surface area contributed by atoms with E-state index >= 15 is 0 Å². The van der Waals surface area contributed by atoms with E-state index in [1.165, 1.54) is 32.3 Å². The molecule has 1 atom stereocenters. The van der Waals surface area contributed by atoms with E-state index in [0.717, 1.165) is 19.4 Å². The molecule has 5 rings (SSSR count). The number of aromatic nitrogens is 3. The van der Waals surface area contributed by atoms with E-state index in [2.05, 4.69) is 58.4 Å². The summed E-state index contributed by atoms with van der Waals surface area (Å²) in [6, 6.07) is 12.3. The van der Waals surface area contributed by atoms with Gasteiger partial charge >= 0.3 is 0 Å². The van der Waals surface area contributed by atoms with E-state index in [1.807, 2.05) is 7.05 Å². The summed E-state index contributed by atoms with van der Waals surface area (Å²) in [5.74, 6) is 0.611. The van der Waals surface area contributed by atoms with Crippen LogP contribution in [-0.4, -0.2) is 21.4 Å². The molecule has 2 N–H and O–H groups in total. The molecular formula is C25H27N5O2S. The molecule has 0 amide bonds. The van der Waals surface area contributed by atoms with Crippen LogP contribution in [0.1, 0.15) is 42.3 Å². The van der Waals surface area contributed by atoms with Crippen LogP contribution in [0.25, 0.3) is 21.9 Å². The monoisotopic (exact) mass is 461 g/mol. The second kappa shape index (κ2) is 8.61. The Balaban J connectivity index is 1.50. The van der Waals surface area contributed by atoms with Gasteiger partial charge in [-0.2, -0.15) is 5.10 Å². The minimum atomic E-state index is -0.261. The number of benzene rings is 1. The summed E-state index contributed by atoms with van der Waals surface area (Å²) in [5, 5.41) is 14.5. The highest BCUT2D eigenvalue weighted by atomic mass is 32.1. The van der Waals surface area contributed by atoms with Crippen LogP contribution in [0, 0.1) is 0 Å². The zero-order valence-electron chi connectivity index (χ0n) is 19.0. The van der Waals surface area contributed by atoms with Gasteiger partial charge in [0, 0.05) is 42.2 Å². The predicted octanol–water partition coefficient (Wildman–Crippen LogP) is 4.05. The van der Waals surface area contributed by atoms with Crippen LogP contribution in [0.2, 0.25) is 0 Å². The summed E-state index contributed by atoms with van der Waals surface area (Å²) >= 11 is 1.70. The number of hydrogen-bond acceptors (Lipinski definition) is 6. The Morgan fingerprint density at radius 3 is 2.73 bits per heavy atom. The minimum Gasteiger partial charge on any atom is -0.361 e. The van der Waals surface area contributed by atoms with Gasteiger partial charge in [-0.15, -0.1) is 11.3 Å². The number of thiophene rings is 1. The van der Waals surface area contributed by atoms with Gasteiger partial charge in [-0.1, -0.05) is 24.3 Å². The number of anilines is 1. The Morgan fingerprint density at radius 2 is 1.97 bits per heavy atom. The van der Waals surface area contributed by atoms with E-state index in [9.17, 15) is 9.59 Å². The molecule has 3 heterocycles. The predicted molar refractivity (Wildman–Crippen MR) is 134 cm³/mol. The van der Waals surface area contributed by atoms with Crippen LogP contribution in [0.4, 0.5) is 5.82 Å². The van der Waals surface area contributed by atoms with Crippen molar-refractivity contribution in [2.45, 2.75) is 38.4 Å². The molecule has 0 saturated heterocycles. The quantitative estimate of drug-likeness (QED) is 0.434. The molecule has 8 heteroatoms. The Morgan fingerprint density at radius 1 is 1.18 bits per heavy atom. The average Bonchev–Trinajstić information content (AvgIpc) is 3.53. The molecular weight excluding hydrogens is 434 g/mol. The first-order valence-electron chi connectivity index (χ1n) is 11.2. The smallest absolute Gasteiger partial charge is 0.274 e. The van der Waals surface area contributed by atoms with E-state index in [4.69, 9.17) is 0 Å². The van der Waals surface area contributed by atoms with Gasteiger partial charge in [-0.3, -0.25) is 9.59 Å². The molecule has 0 radical (unpaired) electrons. The summed E-state index contributed by atoms with van der Waals surface area (Å²) in [5.41, 5.74) is 3.28. The van der Waals surface area contributed by atoms with Crippen LogP contribution >= 0.6 is 11.3 Å². The van der Waals surface area contributed by atoms with Gasteiger partial charge in [0.2, 0.25) is 0 Å². The molecule has 170 valence electrons. The molecule has 4 aromatic rings. The van der Waals surface area contributed by atoms with E-state index in [1.54, 1.807) is 29.1 Å². The molecule has 1 aliphatic rings. The summed E-state index contributed by atoms with van der Waals surface area (Å²) in [7, 11) is 3.57. The Bertz CT molecular complexity index is 1450. The molecule has 1 fully saturated rings. The fraction of sp³-hybridized carbons (Fsp3) is 0.320. The number of rotatable bonds is 7. The molecule has 0 spiro atoms. The van der Waals surface area contributed by atoms with Gasteiger partial charge in [0.1, 0.15) is 0 Å². The number of nitrogens with zero attached hydrogens (tertiary/aromatic N) is 3. The van der Waals surface area contributed by atoms with Crippen LogP contribution < -0.4 is 21.8 Å². The van der Waals surface area contributed by atoms with Crippen molar-refractivity contribution < 1.29 is 0 Å². The SMILES string of the molecule is CNCc1ccccc1-c1csc([C@@H](C)Nc2nn(C)c(=O)c3cc(=O)n(C4CC4)cc23)c1. The molecule has 1 saturated carbocycles. The highest BCUT2D eigenvalue weighted by molar-refractivity contribution is 7.10. The van der Waals surface area contributed by atoms with E-state index < -0.39 is 0 Å². The number of fused-ring (bicyclic) bond motifs is 1. The first kappa shape index (κ1) is 21.6. The third kappa shape index (κ3) is 4.12. The van der Waals surface area contributed by atoms with Crippen molar-refractivity contribution in [2.75, 3.05) is 12.4 Å². The van der Waals surface area contributed by atoms with Crippen LogP contribution in [0.15, 0.2) is 57.6 Å². The maximum Gasteiger partial charge on any atom is 0.274 e. The minimum absolute atomic E-state index is 0.0188. The molecule has 1 aromatic carbocycles. The lowest BCUT2D eigenvalue weighted by molar-refractivity contribution is 0.698. The van der Waals surface area contributed by atoms with Crippen LogP contribution in [0.3, 0.4) is 0 Å². The topological polar surface area (TPSA) is 81.0 Å². The zero-order chi connectivity index (χ0) is 23.1. The lowest BCUT2D eigenvalue weighted by Crippen LogP contribution is -2.26. The van der Waals surface area contributed by atoms with Crippen molar-refractivity contribution >= 4 is 27.9 Å². The Hall–Kier alpha value is -3.23. The van der Waals surface area contributed by atoms with Gasteiger partial charge in [0.05, 0.1) is 11.4 Å². The Kier molecular flexibility index (Phi) is 5.64. The van der Waals surface area contributed by atoms with Gasteiger partial charge in [-0.05, 0) is 54.9 Å². The van der Waals surface area contributed by atoms with E-state index in [0.29, 0.717) is 16.6 Å². The molecule has 1 aliphatic carbocycles. The molecule has 0 bridgehead atoms. The number of pyridine rings is 1. The van der Waals surface area contributed by atoms with Gasteiger partial charge in [-0.25, -0.2) is 4.68 Å². The highest BCUT2D eigenvalue weighted by Crippen LogP contribution is 2.35. The van der Waals surface area contributed by atoms with Crippen molar-refractivity contribution in [3.8, 4) is 11.1 Å². The maximum absolute atomic E-state index is 12.7.